The molecule has 0 aromatic heterocycles. The van der Waals surface area contributed by atoms with Gasteiger partial charge in [0, 0.05) is 0 Å². The van der Waals surface area contributed by atoms with Crippen LogP contribution in [0.15, 0.2) is 78.9 Å². The Labute approximate surface area is 260 Å². The fraction of sp³-hybridized carbons (Fsp3) is 0.344. The van der Waals surface area contributed by atoms with Gasteiger partial charge in [0.15, 0.2) is 0 Å². The number of alkyl halides is 6. The second-order valence-corrected chi connectivity index (χ2v) is 10.9. The van der Waals surface area contributed by atoms with E-state index in [-0.39, 0.29) is 31.1 Å². The van der Waals surface area contributed by atoms with Gasteiger partial charge >= 0.3 is 30.1 Å². The van der Waals surface area contributed by atoms with Gasteiger partial charge in [0.2, 0.25) is 0 Å². The number of amides is 3. The Morgan fingerprint density at radius 3 is 2.04 bits per heavy atom. The summed E-state index contributed by atoms with van der Waals surface area (Å²) in [5.41, 5.74) is 0.0619. The van der Waals surface area contributed by atoms with Crippen LogP contribution in [0.3, 0.4) is 0 Å². The second kappa shape index (κ2) is 13.3. The van der Waals surface area contributed by atoms with Crippen molar-refractivity contribution in [3.05, 3.63) is 118 Å². The van der Waals surface area contributed by atoms with E-state index in [2.05, 4.69) is 10.2 Å². The average molecular weight is 649 g/mol. The first kappa shape index (κ1) is 34.1. The predicted octanol–water partition coefficient (Wildman–Crippen LogP) is 7.41. The molecule has 244 valence electrons. The number of likely N-dealkylation sites (tertiary alicyclic amines) is 1. The minimum Gasteiger partial charge on any atom is -0.445 e. The summed E-state index contributed by atoms with van der Waals surface area (Å²) >= 11 is 0. The Kier molecular flexibility index (Phi) is 9.86. The molecule has 14 heteroatoms. The third kappa shape index (κ3) is 7.71. The zero-order valence-corrected chi connectivity index (χ0v) is 24.5. The van der Waals surface area contributed by atoms with Gasteiger partial charge in [-0.15, -0.1) is 0 Å². The van der Waals surface area contributed by atoms with Crippen LogP contribution in [-0.2, 0) is 34.0 Å². The lowest BCUT2D eigenvalue weighted by atomic mass is 9.77. The van der Waals surface area contributed by atoms with E-state index in [1.54, 1.807) is 60.7 Å². The van der Waals surface area contributed by atoms with Crippen molar-refractivity contribution >= 4 is 12.1 Å². The van der Waals surface area contributed by atoms with Gasteiger partial charge in [-0.2, -0.15) is 26.3 Å². The molecule has 1 aliphatic rings. The largest absolute Gasteiger partial charge is 0.445 e. The molecule has 1 aliphatic heterocycles. The monoisotopic (exact) mass is 648 g/mol. The predicted molar refractivity (Wildman–Crippen MR) is 154 cm³/mol. The van der Waals surface area contributed by atoms with Crippen LogP contribution in [0.4, 0.5) is 35.9 Å². The molecule has 4 rings (SSSR count). The summed E-state index contributed by atoms with van der Waals surface area (Å²) in [6.07, 6.45) is -12.4. The van der Waals surface area contributed by atoms with Crippen molar-refractivity contribution in [2.75, 3.05) is 13.2 Å². The number of rotatable bonds is 8. The molecule has 1 saturated heterocycles. The lowest BCUT2D eigenvalue weighted by molar-refractivity contribution is -0.143. The highest BCUT2D eigenvalue weighted by molar-refractivity contribution is 5.74. The normalized spacial score (nSPS) is 20.8. The number of urea groups is 1. The topological polar surface area (TPSA) is 98.2 Å². The van der Waals surface area contributed by atoms with Crippen LogP contribution >= 0.6 is 0 Å². The molecule has 0 aliphatic carbocycles. The van der Waals surface area contributed by atoms with Crippen molar-refractivity contribution < 1.29 is 45.4 Å². The number of carbonyl (C=O) groups is 2. The minimum atomic E-state index is -5.06. The number of piperidine rings is 1. The highest BCUT2D eigenvalue weighted by Gasteiger charge is 2.56. The van der Waals surface area contributed by atoms with Crippen molar-refractivity contribution in [3.63, 3.8) is 0 Å². The number of nitrogens with two attached hydrogens (primary N) is 1. The first-order chi connectivity index (χ1) is 21.6. The van der Waals surface area contributed by atoms with Crippen molar-refractivity contribution in [1.82, 2.24) is 10.2 Å². The zero-order chi connectivity index (χ0) is 33.8. The number of hydrogen-bond acceptors (Lipinski definition) is 4. The van der Waals surface area contributed by atoms with Crippen LogP contribution in [0.5, 0.6) is 0 Å². The summed E-state index contributed by atoms with van der Waals surface area (Å²) in [6, 6.07) is 17.3. The van der Waals surface area contributed by atoms with Gasteiger partial charge in [-0.05, 0) is 48.2 Å². The summed E-state index contributed by atoms with van der Waals surface area (Å²) in [6.45, 7) is 8.14. The van der Waals surface area contributed by atoms with Crippen molar-refractivity contribution in [3.8, 4) is 0 Å². The number of hydrogen-bond donors (Lipinski definition) is 2. The maximum atomic E-state index is 13.8. The molecule has 0 saturated carbocycles. The number of nitrogens with zero attached hydrogens (tertiary/aromatic N) is 2. The fourth-order valence-corrected chi connectivity index (χ4v) is 5.38. The molecule has 3 aromatic rings. The highest BCUT2D eigenvalue weighted by atomic mass is 19.4. The molecule has 0 spiro atoms. The van der Waals surface area contributed by atoms with Crippen molar-refractivity contribution in [2.24, 2.45) is 5.73 Å². The van der Waals surface area contributed by atoms with Gasteiger partial charge in [-0.3, -0.25) is 15.1 Å². The summed E-state index contributed by atoms with van der Waals surface area (Å²) in [5, 5.41) is 2.41. The Balaban J connectivity index is 1.74. The number of primary amides is 1. The van der Waals surface area contributed by atoms with Gasteiger partial charge in [-0.1, -0.05) is 60.7 Å². The lowest BCUT2D eigenvalue weighted by Gasteiger charge is -2.49. The van der Waals surface area contributed by atoms with E-state index in [1.807, 2.05) is 0 Å². The van der Waals surface area contributed by atoms with Gasteiger partial charge < -0.3 is 15.2 Å². The molecular weight excluding hydrogens is 618 g/mol. The lowest BCUT2D eigenvalue weighted by Crippen LogP contribution is -2.66. The van der Waals surface area contributed by atoms with Crippen molar-refractivity contribution in [2.45, 2.75) is 56.0 Å². The fourth-order valence-electron chi connectivity index (χ4n) is 5.38. The Bertz CT molecular complexity index is 1550. The molecule has 0 bridgehead atoms. The maximum absolute atomic E-state index is 13.8. The summed E-state index contributed by atoms with van der Waals surface area (Å²) < 4.78 is 93.0. The minimum absolute atomic E-state index is 0.0246. The zero-order valence-electron chi connectivity index (χ0n) is 24.5. The van der Waals surface area contributed by atoms with Crippen LogP contribution in [-0.4, -0.2) is 35.8 Å². The molecule has 8 nitrogen and oxygen atoms in total. The molecule has 3 aromatic carbocycles. The molecule has 0 radical (unpaired) electrons. The van der Waals surface area contributed by atoms with Gasteiger partial charge in [0.05, 0.1) is 35.8 Å². The first-order valence-electron chi connectivity index (χ1n) is 14.0. The molecule has 3 N–H and O–H groups in total. The van der Waals surface area contributed by atoms with E-state index in [9.17, 15) is 35.9 Å². The van der Waals surface area contributed by atoms with Gasteiger partial charge in [0.1, 0.15) is 13.2 Å². The SMILES string of the molecule is [C-]#[N+]C1(NC(N)=O)CC[C@@](CO[C@H](C)c2cc(C(F)(F)F)cc(C(F)(F)F)c2)(c2ccccc2)N(C(=O)OCc2ccccc2)C1. The quantitative estimate of drug-likeness (QED) is 0.196. The highest BCUT2D eigenvalue weighted by Crippen LogP contribution is 2.44. The van der Waals surface area contributed by atoms with E-state index in [0.29, 0.717) is 23.3 Å². The van der Waals surface area contributed by atoms with Gasteiger partial charge in [-0.25, -0.2) is 16.2 Å². The van der Waals surface area contributed by atoms with E-state index in [0.717, 1.165) is 0 Å². The third-order valence-electron chi connectivity index (χ3n) is 7.85. The Morgan fingerprint density at radius 2 is 1.52 bits per heavy atom. The summed E-state index contributed by atoms with van der Waals surface area (Å²) in [7, 11) is 0. The molecule has 1 unspecified atom stereocenters. The van der Waals surface area contributed by atoms with Crippen molar-refractivity contribution in [1.29, 1.82) is 0 Å². The van der Waals surface area contributed by atoms with E-state index in [1.165, 1.54) is 11.8 Å². The number of benzene rings is 3. The summed E-state index contributed by atoms with van der Waals surface area (Å²) in [5.74, 6) is 0. The number of carbonyl (C=O) groups excluding carboxylic acids is 2. The first-order valence-corrected chi connectivity index (χ1v) is 14.0. The molecular formula is C32H30F6N4O4. The molecule has 3 amide bonds. The van der Waals surface area contributed by atoms with Crippen LogP contribution in [0.25, 0.3) is 4.85 Å². The number of halogens is 6. The smallest absolute Gasteiger partial charge is 0.416 e. The van der Waals surface area contributed by atoms with Crippen LogP contribution < -0.4 is 11.1 Å². The molecule has 1 fully saturated rings. The van der Waals surface area contributed by atoms with E-state index in [4.69, 9.17) is 21.8 Å². The van der Waals surface area contributed by atoms with Crippen LogP contribution in [0, 0.1) is 6.57 Å². The standard InChI is InChI=1S/C32H30F6N4O4/c1-21(23-15-25(31(33,34)35)17-26(16-23)32(36,37)38)46-20-29(24-11-7-4-8-12-24)13-14-30(40-2,41-27(39)43)19-42(29)28(44)45-18-22-9-5-3-6-10-22/h3-12,15-17,21H,13-14,18-20H2,1H3,(H3,39,41,43)/t21-,29-,30?/m1/s1. The molecule has 3 atom stereocenters. The third-order valence-corrected chi connectivity index (χ3v) is 7.85. The van der Waals surface area contributed by atoms with E-state index < -0.39 is 66.1 Å². The molecule has 1 heterocycles. The second-order valence-electron chi connectivity index (χ2n) is 10.9. The van der Waals surface area contributed by atoms with E-state index >= 15 is 0 Å². The molecule has 46 heavy (non-hydrogen) atoms. The van der Waals surface area contributed by atoms with Crippen LogP contribution in [0.1, 0.15) is 53.7 Å². The Morgan fingerprint density at radius 1 is 0.957 bits per heavy atom. The number of ether oxygens (including phenoxy) is 2. The number of nitrogens with one attached hydrogen (secondary N) is 1. The maximum Gasteiger partial charge on any atom is 0.416 e. The average Bonchev–Trinajstić information content (AvgIpc) is 3.02. The summed E-state index contributed by atoms with van der Waals surface area (Å²) in [4.78, 5) is 30.5. The Hall–Kier alpha value is -4.77. The van der Waals surface area contributed by atoms with Crippen LogP contribution in [0.2, 0.25) is 0 Å². The van der Waals surface area contributed by atoms with Gasteiger partial charge in [0.25, 0.3) is 0 Å².